The van der Waals surface area contributed by atoms with Gasteiger partial charge in [-0.15, -0.1) is 0 Å². The van der Waals surface area contributed by atoms with E-state index in [9.17, 15) is 9.59 Å². The topological polar surface area (TPSA) is 72.7 Å². The number of nitrogens with zero attached hydrogens (tertiary/aromatic N) is 3. The number of halogens is 1. The number of thioether (sulfide) groups is 1. The number of carbonyl (C=O) groups is 2. The molecule has 1 saturated heterocycles. The fraction of sp³-hybridized carbons (Fsp3) is 0.500. The Bertz CT molecular complexity index is 1010. The van der Waals surface area contributed by atoms with E-state index in [2.05, 4.69) is 45.3 Å². The molecule has 31 heavy (non-hydrogen) atoms. The van der Waals surface area contributed by atoms with E-state index in [0.717, 1.165) is 16.5 Å². The van der Waals surface area contributed by atoms with Crippen LogP contribution >= 0.6 is 11.8 Å². The second kappa shape index (κ2) is 9.50. The number of hydrogen-bond acceptors (Lipinski definition) is 5. The first-order valence-electron chi connectivity index (χ1n) is 9.99. The molecule has 2 aromatic rings. The molecule has 0 radical (unpaired) electrons. The number of ether oxygens (including phenoxy) is 1. The van der Waals surface area contributed by atoms with Crippen molar-refractivity contribution >= 4 is 39.8 Å². The maximum absolute atomic E-state index is 13.0. The summed E-state index contributed by atoms with van der Waals surface area (Å²) in [4.78, 5) is 29.5. The molecule has 170 valence electrons. The number of carbonyl (C=O) groups excluding carboxylic acids is 2. The molecule has 1 fully saturated rings. The van der Waals surface area contributed by atoms with Crippen molar-refractivity contribution in [3.63, 3.8) is 0 Å². The average Bonchev–Trinajstić information content (AvgIpc) is 3.25. The number of aliphatic imine (C=N–C) groups is 1. The first kappa shape index (κ1) is 25.7. The van der Waals surface area contributed by atoms with Crippen LogP contribution < -0.4 is 29.3 Å². The molecule has 0 spiro atoms. The van der Waals surface area contributed by atoms with Gasteiger partial charge in [0.05, 0.1) is 31.9 Å². The van der Waals surface area contributed by atoms with Gasteiger partial charge in [0.1, 0.15) is 12.1 Å². The number of benzene rings is 1. The first-order chi connectivity index (χ1) is 14.0. The van der Waals surface area contributed by atoms with E-state index in [1.807, 2.05) is 37.4 Å². The Kier molecular flexibility index (Phi) is 7.86. The summed E-state index contributed by atoms with van der Waals surface area (Å²) in [7, 11) is 7.90. The Labute approximate surface area is 205 Å². The summed E-state index contributed by atoms with van der Waals surface area (Å²) in [5, 5.41) is 4.09. The lowest BCUT2D eigenvalue weighted by Gasteiger charge is -2.40. The Balaban J connectivity index is 0.00000341. The third kappa shape index (κ3) is 5.09. The summed E-state index contributed by atoms with van der Waals surface area (Å²) >= 11 is 1.43. The van der Waals surface area contributed by atoms with Crippen LogP contribution in [0.1, 0.15) is 32.3 Å². The van der Waals surface area contributed by atoms with Gasteiger partial charge in [0, 0.05) is 24.5 Å². The highest BCUT2D eigenvalue weighted by Gasteiger charge is 2.37. The van der Waals surface area contributed by atoms with Crippen LogP contribution in [0.5, 0.6) is 0 Å². The van der Waals surface area contributed by atoms with Gasteiger partial charge in [-0.1, -0.05) is 36.9 Å². The van der Waals surface area contributed by atoms with Crippen molar-refractivity contribution in [2.24, 2.45) is 4.99 Å². The molecule has 2 heterocycles. The third-order valence-corrected chi connectivity index (χ3v) is 7.56. The average molecular weight is 558 g/mol. The van der Waals surface area contributed by atoms with Crippen molar-refractivity contribution in [1.29, 1.82) is 0 Å². The SMILES string of the molecule is CN=C1NC(=O)C(C(C)c2cn(C(=O)OCC(C)(C)[N+](C)(C)C)c3ccccc23)S1.[I-]. The number of amides is 1. The maximum Gasteiger partial charge on any atom is 0.418 e. The fourth-order valence-corrected chi connectivity index (χ4v) is 4.22. The van der Waals surface area contributed by atoms with Crippen molar-refractivity contribution in [2.75, 3.05) is 34.8 Å². The van der Waals surface area contributed by atoms with Crippen molar-refractivity contribution in [3.8, 4) is 0 Å². The summed E-state index contributed by atoms with van der Waals surface area (Å²) < 4.78 is 7.93. The number of rotatable bonds is 5. The highest BCUT2D eigenvalue weighted by molar-refractivity contribution is 8.15. The van der Waals surface area contributed by atoms with E-state index in [-0.39, 0.29) is 46.6 Å². The predicted molar refractivity (Wildman–Crippen MR) is 122 cm³/mol. The van der Waals surface area contributed by atoms with Gasteiger partial charge in [-0.25, -0.2) is 4.79 Å². The molecule has 3 rings (SSSR count). The summed E-state index contributed by atoms with van der Waals surface area (Å²) in [5.74, 6) is -0.159. The van der Waals surface area contributed by atoms with Crippen LogP contribution in [0.2, 0.25) is 0 Å². The fourth-order valence-electron chi connectivity index (χ4n) is 3.20. The van der Waals surface area contributed by atoms with E-state index in [1.165, 1.54) is 11.8 Å². The number of hydrogen-bond donors (Lipinski definition) is 1. The Morgan fingerprint density at radius 1 is 1.32 bits per heavy atom. The number of likely N-dealkylation sites (N-methyl/N-ethyl adjacent to an activating group) is 1. The van der Waals surface area contributed by atoms with Gasteiger partial charge in [0.2, 0.25) is 5.91 Å². The van der Waals surface area contributed by atoms with Crippen LogP contribution in [-0.2, 0) is 9.53 Å². The molecular weight excluding hydrogens is 527 g/mol. The standard InChI is InChI=1S/C22H30N4O3S.HI/c1-14(18-19(27)24-20(23-4)30-18)16-12-25(17-11-9-8-10-15(16)17)21(28)29-13-22(2,3)26(5,6)7;/h8-12,14,18H,13H2,1-7H3;1H. The minimum Gasteiger partial charge on any atom is -1.00 e. The highest BCUT2D eigenvalue weighted by atomic mass is 127. The molecule has 2 atom stereocenters. The van der Waals surface area contributed by atoms with Crippen molar-refractivity contribution in [3.05, 3.63) is 36.0 Å². The van der Waals surface area contributed by atoms with Gasteiger partial charge in [0.25, 0.3) is 0 Å². The Morgan fingerprint density at radius 2 is 1.97 bits per heavy atom. The number of fused-ring (bicyclic) bond motifs is 1. The van der Waals surface area contributed by atoms with Gasteiger partial charge in [-0.3, -0.25) is 14.4 Å². The largest absolute Gasteiger partial charge is 1.00 e. The molecule has 0 aliphatic carbocycles. The zero-order valence-corrected chi connectivity index (χ0v) is 22.1. The number of amidine groups is 1. The molecule has 1 N–H and O–H groups in total. The lowest BCUT2D eigenvalue weighted by molar-refractivity contribution is -0.919. The molecule has 2 unspecified atom stereocenters. The number of nitrogens with one attached hydrogen (secondary N) is 1. The molecule has 1 aliphatic heterocycles. The van der Waals surface area contributed by atoms with Crippen molar-refractivity contribution in [1.82, 2.24) is 9.88 Å². The number of para-hydroxylation sites is 1. The van der Waals surface area contributed by atoms with Crippen molar-refractivity contribution < 1.29 is 42.8 Å². The van der Waals surface area contributed by atoms with Gasteiger partial charge in [-0.2, -0.15) is 0 Å². The van der Waals surface area contributed by atoms with Gasteiger partial charge >= 0.3 is 6.09 Å². The zero-order chi connectivity index (χ0) is 22.3. The van der Waals surface area contributed by atoms with Crippen LogP contribution in [0.4, 0.5) is 4.79 Å². The summed E-state index contributed by atoms with van der Waals surface area (Å²) in [6, 6.07) is 7.72. The zero-order valence-electron chi connectivity index (χ0n) is 19.1. The molecule has 1 aromatic carbocycles. The van der Waals surface area contributed by atoms with E-state index < -0.39 is 6.09 Å². The molecule has 1 amide bonds. The van der Waals surface area contributed by atoms with Gasteiger partial charge in [0.15, 0.2) is 5.17 Å². The first-order valence-corrected chi connectivity index (χ1v) is 10.9. The summed E-state index contributed by atoms with van der Waals surface area (Å²) in [6.07, 6.45) is 1.40. The quantitative estimate of drug-likeness (QED) is 0.427. The summed E-state index contributed by atoms with van der Waals surface area (Å²) in [6.45, 7) is 6.45. The monoisotopic (exact) mass is 558 g/mol. The minimum absolute atomic E-state index is 0. The molecule has 0 bridgehead atoms. The van der Waals surface area contributed by atoms with Crippen molar-refractivity contribution in [2.45, 2.75) is 37.5 Å². The van der Waals surface area contributed by atoms with Crippen LogP contribution in [-0.4, -0.2) is 71.8 Å². The number of quaternary nitrogens is 1. The van der Waals surface area contributed by atoms with E-state index >= 15 is 0 Å². The minimum atomic E-state index is -0.412. The normalized spacial score (nSPS) is 19.3. The number of aromatic nitrogens is 1. The van der Waals surface area contributed by atoms with E-state index in [1.54, 1.807) is 11.6 Å². The molecule has 7 nitrogen and oxygen atoms in total. The molecule has 0 saturated carbocycles. The molecule has 1 aromatic heterocycles. The molecular formula is C22H31IN4O3S. The Hall–Kier alpha value is -1.59. The van der Waals surface area contributed by atoms with E-state index in [0.29, 0.717) is 16.3 Å². The lowest BCUT2D eigenvalue weighted by Crippen LogP contribution is -3.00. The lowest BCUT2D eigenvalue weighted by atomic mass is 9.96. The summed E-state index contributed by atoms with van der Waals surface area (Å²) in [5.41, 5.74) is 1.49. The smallest absolute Gasteiger partial charge is 0.418 e. The van der Waals surface area contributed by atoms with Crippen LogP contribution in [0.3, 0.4) is 0 Å². The maximum atomic E-state index is 13.0. The highest BCUT2D eigenvalue weighted by Crippen LogP contribution is 2.37. The predicted octanol–water partition coefficient (Wildman–Crippen LogP) is 0.436. The molecule has 1 aliphatic rings. The van der Waals surface area contributed by atoms with Gasteiger partial charge in [-0.05, 0) is 25.5 Å². The van der Waals surface area contributed by atoms with Crippen LogP contribution in [0.25, 0.3) is 10.9 Å². The van der Waals surface area contributed by atoms with Crippen LogP contribution in [0.15, 0.2) is 35.5 Å². The Morgan fingerprint density at radius 3 is 2.55 bits per heavy atom. The second-order valence-electron chi connectivity index (χ2n) is 9.20. The third-order valence-electron chi connectivity index (χ3n) is 6.18. The second-order valence-corrected chi connectivity index (χ2v) is 10.3. The van der Waals surface area contributed by atoms with Gasteiger partial charge < -0.3 is 38.5 Å². The molecule has 9 heteroatoms. The van der Waals surface area contributed by atoms with Crippen LogP contribution in [0, 0.1) is 0 Å². The van der Waals surface area contributed by atoms with E-state index in [4.69, 9.17) is 4.74 Å².